The minimum absolute atomic E-state index is 0.204. The molecule has 0 aliphatic carbocycles. The van der Waals surface area contributed by atoms with Crippen molar-refractivity contribution in [1.29, 1.82) is 0 Å². The SMILES string of the molecule is CC(C)(C)OC(=O)N1CCCC1C(=O)Nc1cccc(-c2ncc[nH]2)c1. The zero-order valence-electron chi connectivity index (χ0n) is 15.3. The van der Waals surface area contributed by atoms with E-state index < -0.39 is 17.7 Å². The van der Waals surface area contributed by atoms with Crippen LogP contribution in [0.5, 0.6) is 0 Å². The largest absolute Gasteiger partial charge is 0.444 e. The van der Waals surface area contributed by atoms with E-state index in [1.54, 1.807) is 12.4 Å². The zero-order chi connectivity index (χ0) is 18.7. The number of likely N-dealkylation sites (tertiary alicyclic amines) is 1. The van der Waals surface area contributed by atoms with Gasteiger partial charge in [0.25, 0.3) is 0 Å². The van der Waals surface area contributed by atoms with Crippen molar-refractivity contribution in [3.05, 3.63) is 36.7 Å². The van der Waals surface area contributed by atoms with E-state index in [-0.39, 0.29) is 5.91 Å². The molecule has 7 heteroatoms. The van der Waals surface area contributed by atoms with Crippen molar-refractivity contribution in [3.8, 4) is 11.4 Å². The molecule has 1 atom stereocenters. The van der Waals surface area contributed by atoms with E-state index in [2.05, 4.69) is 15.3 Å². The van der Waals surface area contributed by atoms with Gasteiger partial charge in [-0.25, -0.2) is 9.78 Å². The Labute approximate surface area is 152 Å². The molecule has 7 nitrogen and oxygen atoms in total. The number of H-pyrrole nitrogens is 1. The van der Waals surface area contributed by atoms with Crippen molar-refractivity contribution in [2.24, 2.45) is 0 Å². The molecule has 0 radical (unpaired) electrons. The quantitative estimate of drug-likeness (QED) is 0.882. The van der Waals surface area contributed by atoms with Gasteiger partial charge >= 0.3 is 6.09 Å². The van der Waals surface area contributed by atoms with Crippen molar-refractivity contribution in [2.45, 2.75) is 45.3 Å². The number of imidazole rings is 1. The van der Waals surface area contributed by atoms with Crippen LogP contribution in [0, 0.1) is 0 Å². The molecule has 1 unspecified atom stereocenters. The highest BCUT2D eigenvalue weighted by Gasteiger charge is 2.36. The number of carbonyl (C=O) groups excluding carboxylic acids is 2. The van der Waals surface area contributed by atoms with Crippen LogP contribution in [-0.4, -0.2) is 45.1 Å². The average molecular weight is 356 g/mol. The smallest absolute Gasteiger partial charge is 0.410 e. The lowest BCUT2D eigenvalue weighted by atomic mass is 10.1. The zero-order valence-corrected chi connectivity index (χ0v) is 15.3. The number of rotatable bonds is 3. The Bertz CT molecular complexity index is 780. The van der Waals surface area contributed by atoms with Crippen molar-refractivity contribution in [3.63, 3.8) is 0 Å². The molecule has 1 aromatic heterocycles. The molecule has 2 heterocycles. The maximum Gasteiger partial charge on any atom is 0.410 e. The van der Waals surface area contributed by atoms with E-state index in [1.165, 1.54) is 4.90 Å². The van der Waals surface area contributed by atoms with Gasteiger partial charge in [0.05, 0.1) is 0 Å². The van der Waals surface area contributed by atoms with Crippen LogP contribution in [0.15, 0.2) is 36.7 Å². The molecule has 2 amide bonds. The first-order valence-electron chi connectivity index (χ1n) is 8.74. The molecule has 0 spiro atoms. The Kier molecular flexibility index (Phi) is 4.97. The molecule has 138 valence electrons. The molecule has 1 fully saturated rings. The summed E-state index contributed by atoms with van der Waals surface area (Å²) in [5, 5.41) is 2.90. The first-order chi connectivity index (χ1) is 12.3. The van der Waals surface area contributed by atoms with E-state index in [1.807, 2.05) is 45.0 Å². The number of hydrogen-bond donors (Lipinski definition) is 2. The van der Waals surface area contributed by atoms with Crippen molar-refractivity contribution in [2.75, 3.05) is 11.9 Å². The van der Waals surface area contributed by atoms with E-state index in [0.29, 0.717) is 18.7 Å². The predicted molar refractivity (Wildman–Crippen MR) is 98.6 cm³/mol. The van der Waals surface area contributed by atoms with Gasteiger partial charge in [0, 0.05) is 30.2 Å². The summed E-state index contributed by atoms with van der Waals surface area (Å²) in [6.45, 7) is 5.97. The van der Waals surface area contributed by atoms with Crippen LogP contribution in [0.25, 0.3) is 11.4 Å². The lowest BCUT2D eigenvalue weighted by Crippen LogP contribution is -2.45. The summed E-state index contributed by atoms with van der Waals surface area (Å²) < 4.78 is 5.41. The fraction of sp³-hybridized carbons (Fsp3) is 0.421. The highest BCUT2D eigenvalue weighted by Crippen LogP contribution is 2.24. The molecule has 0 bridgehead atoms. The summed E-state index contributed by atoms with van der Waals surface area (Å²) in [6.07, 6.45) is 4.39. The molecule has 1 saturated heterocycles. The second-order valence-corrected chi connectivity index (χ2v) is 7.34. The lowest BCUT2D eigenvalue weighted by molar-refractivity contribution is -0.120. The number of aromatic amines is 1. The summed E-state index contributed by atoms with van der Waals surface area (Å²) in [4.78, 5) is 33.8. The topological polar surface area (TPSA) is 87.3 Å². The van der Waals surface area contributed by atoms with Crippen LogP contribution in [0.2, 0.25) is 0 Å². The highest BCUT2D eigenvalue weighted by atomic mass is 16.6. The summed E-state index contributed by atoms with van der Waals surface area (Å²) in [5.74, 6) is 0.530. The Morgan fingerprint density at radius 1 is 1.35 bits per heavy atom. The third-order valence-electron chi connectivity index (χ3n) is 4.09. The average Bonchev–Trinajstić information content (AvgIpc) is 3.25. The number of aromatic nitrogens is 2. The Morgan fingerprint density at radius 2 is 2.15 bits per heavy atom. The van der Waals surface area contributed by atoms with E-state index in [4.69, 9.17) is 4.74 Å². The predicted octanol–water partition coefficient (Wildman–Crippen LogP) is 3.41. The molecule has 3 rings (SSSR count). The normalized spacial score (nSPS) is 17.2. The minimum Gasteiger partial charge on any atom is -0.444 e. The second kappa shape index (κ2) is 7.19. The highest BCUT2D eigenvalue weighted by molar-refractivity contribution is 5.97. The second-order valence-electron chi connectivity index (χ2n) is 7.34. The van der Waals surface area contributed by atoms with E-state index in [9.17, 15) is 9.59 Å². The van der Waals surface area contributed by atoms with Gasteiger partial charge in [-0.2, -0.15) is 0 Å². The molecule has 2 N–H and O–H groups in total. The van der Waals surface area contributed by atoms with Gasteiger partial charge in [-0.05, 0) is 45.7 Å². The number of ether oxygens (including phenoxy) is 1. The maximum absolute atomic E-state index is 12.7. The molecule has 2 aromatic rings. The third-order valence-corrected chi connectivity index (χ3v) is 4.09. The first-order valence-corrected chi connectivity index (χ1v) is 8.74. The number of amides is 2. The fourth-order valence-corrected chi connectivity index (χ4v) is 2.97. The number of carbonyl (C=O) groups is 2. The van der Waals surface area contributed by atoms with E-state index in [0.717, 1.165) is 17.8 Å². The van der Waals surface area contributed by atoms with Crippen LogP contribution in [0.4, 0.5) is 10.5 Å². The van der Waals surface area contributed by atoms with Crippen LogP contribution in [0.1, 0.15) is 33.6 Å². The van der Waals surface area contributed by atoms with Crippen LogP contribution in [-0.2, 0) is 9.53 Å². The molecule has 1 aliphatic heterocycles. The van der Waals surface area contributed by atoms with Gasteiger partial charge in [0.15, 0.2) is 0 Å². The van der Waals surface area contributed by atoms with Crippen LogP contribution in [0.3, 0.4) is 0 Å². The lowest BCUT2D eigenvalue weighted by Gasteiger charge is -2.28. The van der Waals surface area contributed by atoms with Gasteiger partial charge in [-0.15, -0.1) is 0 Å². The summed E-state index contributed by atoms with van der Waals surface area (Å²) in [7, 11) is 0. The fourth-order valence-electron chi connectivity index (χ4n) is 2.97. The maximum atomic E-state index is 12.7. The number of nitrogens with zero attached hydrogens (tertiary/aromatic N) is 2. The standard InChI is InChI=1S/C19H24N4O3/c1-19(2,3)26-18(25)23-11-5-8-15(23)17(24)22-14-7-4-6-13(12-14)16-20-9-10-21-16/h4,6-7,9-10,12,15H,5,8,11H2,1-3H3,(H,20,21)(H,22,24). The van der Waals surface area contributed by atoms with Gasteiger partial charge in [0.2, 0.25) is 5.91 Å². The van der Waals surface area contributed by atoms with Crippen molar-refractivity contribution < 1.29 is 14.3 Å². The Morgan fingerprint density at radius 3 is 2.85 bits per heavy atom. The van der Waals surface area contributed by atoms with Gasteiger partial charge in [-0.3, -0.25) is 9.69 Å². The number of hydrogen-bond acceptors (Lipinski definition) is 4. The summed E-state index contributed by atoms with van der Waals surface area (Å²) >= 11 is 0. The molecule has 1 aromatic carbocycles. The molecular formula is C19H24N4O3. The van der Waals surface area contributed by atoms with Crippen molar-refractivity contribution >= 4 is 17.7 Å². The van der Waals surface area contributed by atoms with Gasteiger partial charge in [0.1, 0.15) is 17.5 Å². The van der Waals surface area contributed by atoms with Gasteiger partial charge in [-0.1, -0.05) is 12.1 Å². The monoisotopic (exact) mass is 356 g/mol. The molecule has 26 heavy (non-hydrogen) atoms. The van der Waals surface area contributed by atoms with E-state index >= 15 is 0 Å². The van der Waals surface area contributed by atoms with Crippen LogP contribution >= 0.6 is 0 Å². The number of nitrogens with one attached hydrogen (secondary N) is 2. The Hall–Kier alpha value is -2.83. The third kappa shape index (κ3) is 4.22. The summed E-state index contributed by atoms with van der Waals surface area (Å²) in [6, 6.07) is 6.92. The summed E-state index contributed by atoms with van der Waals surface area (Å²) in [5.41, 5.74) is 0.959. The van der Waals surface area contributed by atoms with Crippen molar-refractivity contribution in [1.82, 2.24) is 14.9 Å². The first kappa shape index (κ1) is 18.0. The van der Waals surface area contributed by atoms with Gasteiger partial charge < -0.3 is 15.0 Å². The molecule has 0 saturated carbocycles. The minimum atomic E-state index is -0.585. The van der Waals surface area contributed by atoms with Crippen LogP contribution < -0.4 is 5.32 Å². The molecular weight excluding hydrogens is 332 g/mol. The molecule has 1 aliphatic rings. The Balaban J connectivity index is 1.69. The number of anilines is 1. The number of benzene rings is 1.